The number of anilines is 1. The highest BCUT2D eigenvalue weighted by Gasteiger charge is 2.76. The van der Waals surface area contributed by atoms with E-state index in [1.165, 1.54) is 4.90 Å². The third kappa shape index (κ3) is 3.33. The van der Waals surface area contributed by atoms with Crippen molar-refractivity contribution in [2.24, 2.45) is 11.8 Å². The number of fused-ring (bicyclic) bond motifs is 5. The SMILES string of the molecule is [C-]#[N+]c1ccc(N2C(=O)[C@@H]3[C@H](C2=O)C2(C)OC3(C)C[C@@H]2NC(=O)OCC[Si](C)C)cc1C. The third-order valence-corrected chi connectivity index (χ3v) is 8.23. The second-order valence-electron chi connectivity index (χ2n) is 9.64. The fraction of sp³-hybridized carbons (Fsp3) is 0.565. The first-order valence-electron chi connectivity index (χ1n) is 10.8. The van der Waals surface area contributed by atoms with Crippen LogP contribution in [0.2, 0.25) is 19.1 Å². The van der Waals surface area contributed by atoms with Crippen molar-refractivity contribution in [3.05, 3.63) is 35.2 Å². The Bertz CT molecular complexity index is 1040. The summed E-state index contributed by atoms with van der Waals surface area (Å²) in [6, 6.07) is 5.39. The number of alkyl carbamates (subject to hydrolysis) is 1. The predicted molar refractivity (Wildman–Crippen MR) is 120 cm³/mol. The summed E-state index contributed by atoms with van der Waals surface area (Å²) in [6.07, 6.45) is -0.0893. The minimum absolute atomic E-state index is 0.289. The summed E-state index contributed by atoms with van der Waals surface area (Å²) in [5.74, 6) is -1.92. The predicted octanol–water partition coefficient (Wildman–Crippen LogP) is 3.45. The second kappa shape index (κ2) is 7.71. The molecule has 8 nitrogen and oxygen atoms in total. The van der Waals surface area contributed by atoms with Crippen molar-refractivity contribution in [1.29, 1.82) is 0 Å². The van der Waals surface area contributed by atoms with Crippen LogP contribution in [0.25, 0.3) is 4.85 Å². The molecule has 4 rings (SSSR count). The summed E-state index contributed by atoms with van der Waals surface area (Å²) in [6.45, 7) is 17.3. The number of carbonyl (C=O) groups excluding carboxylic acids is 3. The first-order chi connectivity index (χ1) is 15.0. The van der Waals surface area contributed by atoms with Crippen LogP contribution in [0.5, 0.6) is 0 Å². The summed E-state index contributed by atoms with van der Waals surface area (Å²) < 4.78 is 11.6. The number of hydrogen-bond donors (Lipinski definition) is 1. The molecule has 3 amide bonds. The molecule has 0 saturated carbocycles. The second-order valence-corrected chi connectivity index (χ2v) is 12.6. The number of ether oxygens (including phenoxy) is 2. The first kappa shape index (κ1) is 22.5. The molecule has 3 fully saturated rings. The normalized spacial score (nSPS) is 32.9. The van der Waals surface area contributed by atoms with Crippen molar-refractivity contribution in [1.82, 2.24) is 5.32 Å². The van der Waals surface area contributed by atoms with Gasteiger partial charge < -0.3 is 14.8 Å². The maximum atomic E-state index is 13.5. The van der Waals surface area contributed by atoms with E-state index in [0.29, 0.717) is 30.0 Å². The molecule has 1 aromatic carbocycles. The fourth-order valence-electron chi connectivity index (χ4n) is 5.44. The van der Waals surface area contributed by atoms with Crippen LogP contribution < -0.4 is 10.2 Å². The molecule has 1 aromatic rings. The molecule has 3 aliphatic heterocycles. The smallest absolute Gasteiger partial charge is 0.407 e. The minimum atomic E-state index is -1.00. The van der Waals surface area contributed by atoms with E-state index in [1.807, 2.05) is 6.92 Å². The van der Waals surface area contributed by atoms with E-state index >= 15 is 0 Å². The lowest BCUT2D eigenvalue weighted by Crippen LogP contribution is -2.56. The Labute approximate surface area is 189 Å². The number of carbonyl (C=O) groups is 3. The Morgan fingerprint density at radius 1 is 1.31 bits per heavy atom. The first-order valence-corrected chi connectivity index (χ1v) is 13.5. The molecule has 0 spiro atoms. The molecule has 5 atom stereocenters. The molecule has 1 radical (unpaired) electrons. The molecular formula is C23H28N3O5Si. The highest BCUT2D eigenvalue weighted by atomic mass is 28.3. The van der Waals surface area contributed by atoms with Gasteiger partial charge in [0.25, 0.3) is 0 Å². The number of nitrogens with one attached hydrogen (secondary N) is 1. The van der Waals surface area contributed by atoms with Gasteiger partial charge in [-0.15, -0.1) is 0 Å². The number of rotatable bonds is 5. The summed E-state index contributed by atoms with van der Waals surface area (Å²) >= 11 is 0. The third-order valence-electron chi connectivity index (χ3n) is 7.02. The number of nitrogens with zero attached hydrogens (tertiary/aromatic N) is 2. The Balaban J connectivity index is 1.57. The highest BCUT2D eigenvalue weighted by Crippen LogP contribution is 2.61. The summed E-state index contributed by atoms with van der Waals surface area (Å²) in [7, 11) is -0.485. The molecule has 2 bridgehead atoms. The van der Waals surface area contributed by atoms with E-state index < -0.39 is 44.0 Å². The van der Waals surface area contributed by atoms with Gasteiger partial charge >= 0.3 is 6.09 Å². The van der Waals surface area contributed by atoms with Gasteiger partial charge in [0.1, 0.15) is 0 Å². The largest absolute Gasteiger partial charge is 0.450 e. The van der Waals surface area contributed by atoms with Crippen molar-refractivity contribution in [3.63, 3.8) is 0 Å². The number of imide groups is 1. The van der Waals surface area contributed by atoms with Crippen molar-refractivity contribution in [2.45, 2.75) is 63.6 Å². The van der Waals surface area contributed by atoms with E-state index in [-0.39, 0.29) is 11.8 Å². The van der Waals surface area contributed by atoms with Gasteiger partial charge in [0.2, 0.25) is 11.8 Å². The zero-order valence-corrected chi connectivity index (χ0v) is 20.0. The molecule has 2 unspecified atom stereocenters. The molecule has 0 aliphatic carbocycles. The minimum Gasteiger partial charge on any atom is -0.450 e. The molecule has 32 heavy (non-hydrogen) atoms. The number of benzene rings is 1. The van der Waals surface area contributed by atoms with Crippen LogP contribution in [0.1, 0.15) is 25.8 Å². The van der Waals surface area contributed by atoms with E-state index in [4.69, 9.17) is 16.0 Å². The highest BCUT2D eigenvalue weighted by molar-refractivity contribution is 6.55. The van der Waals surface area contributed by atoms with E-state index in [1.54, 1.807) is 32.0 Å². The van der Waals surface area contributed by atoms with Crippen LogP contribution in [-0.4, -0.2) is 50.6 Å². The van der Waals surface area contributed by atoms with Gasteiger partial charge in [0.15, 0.2) is 5.69 Å². The molecule has 0 aromatic heterocycles. The summed E-state index contributed by atoms with van der Waals surface area (Å²) in [5.41, 5.74) is -0.203. The lowest BCUT2D eigenvalue weighted by Gasteiger charge is -2.35. The van der Waals surface area contributed by atoms with Gasteiger partial charge in [-0.3, -0.25) is 9.59 Å². The van der Waals surface area contributed by atoms with Gasteiger partial charge in [-0.1, -0.05) is 19.2 Å². The molecule has 1 N–H and O–H groups in total. The lowest BCUT2D eigenvalue weighted by molar-refractivity contribution is -0.129. The zero-order chi connectivity index (χ0) is 23.4. The molecule has 3 saturated heterocycles. The average Bonchev–Trinajstić information content (AvgIpc) is 3.22. The Kier molecular flexibility index (Phi) is 5.42. The topological polar surface area (TPSA) is 89.3 Å². The van der Waals surface area contributed by atoms with Gasteiger partial charge in [-0.05, 0) is 44.5 Å². The van der Waals surface area contributed by atoms with E-state index in [0.717, 1.165) is 6.04 Å². The van der Waals surface area contributed by atoms with Crippen molar-refractivity contribution in [2.75, 3.05) is 11.5 Å². The van der Waals surface area contributed by atoms with Gasteiger partial charge in [0.05, 0.1) is 42.3 Å². The molecule has 3 aliphatic rings. The molecule has 3 heterocycles. The maximum Gasteiger partial charge on any atom is 0.407 e. The Hall–Kier alpha value is -2.70. The summed E-state index contributed by atoms with van der Waals surface area (Å²) in [4.78, 5) is 43.9. The standard InChI is InChI=1S/C23H28N3O5Si/c1-13-11-14(7-8-15(13)24-4)26-19(27)17-18(20(26)28)23(3)16(12-22(17,2)31-23)25-21(29)30-9-10-32(5)6/h7-8,11,16-18H,9-10,12H2,1-3,5-6H3,(H,25,29)/t16-,17-,18+,22?,23?/m0/s1. The van der Waals surface area contributed by atoms with E-state index in [9.17, 15) is 14.4 Å². The van der Waals surface area contributed by atoms with Gasteiger partial charge in [0, 0.05) is 20.9 Å². The monoisotopic (exact) mass is 454 g/mol. The van der Waals surface area contributed by atoms with Crippen LogP contribution in [0.4, 0.5) is 16.2 Å². The number of aryl methyl sites for hydroxylation is 1. The van der Waals surface area contributed by atoms with Gasteiger partial charge in [-0.2, -0.15) is 0 Å². The van der Waals surface area contributed by atoms with Crippen molar-refractivity contribution >= 4 is 38.1 Å². The van der Waals surface area contributed by atoms with Crippen LogP contribution in [-0.2, 0) is 19.1 Å². The van der Waals surface area contributed by atoms with Crippen LogP contribution in [0, 0.1) is 25.3 Å². The van der Waals surface area contributed by atoms with Crippen LogP contribution in [0.15, 0.2) is 18.2 Å². The van der Waals surface area contributed by atoms with Gasteiger partial charge in [-0.25, -0.2) is 14.5 Å². The molecular weight excluding hydrogens is 426 g/mol. The quantitative estimate of drug-likeness (QED) is 0.418. The molecule has 9 heteroatoms. The van der Waals surface area contributed by atoms with E-state index in [2.05, 4.69) is 23.3 Å². The average molecular weight is 455 g/mol. The Morgan fingerprint density at radius 2 is 2.00 bits per heavy atom. The van der Waals surface area contributed by atoms with Crippen LogP contribution >= 0.6 is 0 Å². The molecule has 169 valence electrons. The fourth-order valence-corrected chi connectivity index (χ4v) is 5.95. The zero-order valence-electron chi connectivity index (χ0n) is 19.0. The lowest BCUT2D eigenvalue weighted by atomic mass is 9.66. The summed E-state index contributed by atoms with van der Waals surface area (Å²) in [5, 5.41) is 2.89. The van der Waals surface area contributed by atoms with Crippen molar-refractivity contribution < 1.29 is 23.9 Å². The van der Waals surface area contributed by atoms with Crippen molar-refractivity contribution in [3.8, 4) is 0 Å². The van der Waals surface area contributed by atoms with Crippen LogP contribution in [0.3, 0.4) is 0 Å². The number of amides is 3. The Morgan fingerprint density at radius 3 is 2.62 bits per heavy atom. The number of hydrogen-bond acceptors (Lipinski definition) is 5. The maximum absolute atomic E-state index is 13.5.